The molecule has 1 rings (SSSR count). The molecule has 82 valence electrons. The molecular formula is C9H13N3O3. The first-order chi connectivity index (χ1) is 6.72. The van der Waals surface area contributed by atoms with Crippen molar-refractivity contribution in [3.63, 3.8) is 0 Å². The molecule has 1 fully saturated rings. The third kappa shape index (κ3) is 2.39. The van der Waals surface area contributed by atoms with Crippen molar-refractivity contribution in [1.29, 1.82) is 10.8 Å². The number of nitrogens with one attached hydrogen (secondary N) is 2. The van der Waals surface area contributed by atoms with E-state index in [0.717, 1.165) is 0 Å². The molecule has 1 heterocycles. The number of amides is 1. The Labute approximate surface area is 87.2 Å². The number of Topliss-reactive ketones (excluding diaryl/α,β-unsaturated/α-hetero) is 1. The Morgan fingerprint density at radius 1 is 1.40 bits per heavy atom. The van der Waals surface area contributed by atoms with Crippen LogP contribution in [0.5, 0.6) is 0 Å². The number of carbonyl (C=O) groups excluding carboxylic acids is 2. The number of ether oxygens (including phenoxy) is 1. The SMILES string of the molecule is CC(C)(C)OC(=O)N1C(=N)CC(=O)C1=N. The minimum absolute atomic E-state index is 0.209. The summed E-state index contributed by atoms with van der Waals surface area (Å²) in [6.07, 6.45) is -1.05. The average Bonchev–Trinajstić information content (AvgIpc) is 2.22. The lowest BCUT2D eigenvalue weighted by molar-refractivity contribution is -0.111. The summed E-state index contributed by atoms with van der Waals surface area (Å²) < 4.78 is 4.96. The number of rotatable bonds is 0. The molecule has 2 N–H and O–H groups in total. The van der Waals surface area contributed by atoms with Crippen molar-refractivity contribution >= 4 is 23.5 Å². The maximum Gasteiger partial charge on any atom is 0.421 e. The number of hydrogen-bond acceptors (Lipinski definition) is 5. The van der Waals surface area contributed by atoms with E-state index in [0.29, 0.717) is 4.90 Å². The van der Waals surface area contributed by atoms with Crippen LogP contribution in [-0.4, -0.2) is 34.0 Å². The number of ketones is 1. The third-order valence-corrected chi connectivity index (χ3v) is 1.66. The summed E-state index contributed by atoms with van der Waals surface area (Å²) in [5.41, 5.74) is -0.705. The zero-order valence-electron chi connectivity index (χ0n) is 8.88. The van der Waals surface area contributed by atoms with E-state index in [1.54, 1.807) is 20.8 Å². The van der Waals surface area contributed by atoms with Gasteiger partial charge in [-0.1, -0.05) is 0 Å². The van der Waals surface area contributed by atoms with Crippen molar-refractivity contribution < 1.29 is 14.3 Å². The van der Waals surface area contributed by atoms with Crippen LogP contribution in [-0.2, 0) is 9.53 Å². The van der Waals surface area contributed by atoms with Crippen LogP contribution in [0.3, 0.4) is 0 Å². The molecule has 1 saturated heterocycles. The highest BCUT2D eigenvalue weighted by Crippen LogP contribution is 2.15. The highest BCUT2D eigenvalue weighted by Gasteiger charge is 2.38. The van der Waals surface area contributed by atoms with Gasteiger partial charge in [0.05, 0.1) is 6.42 Å². The van der Waals surface area contributed by atoms with Crippen LogP contribution in [0.1, 0.15) is 27.2 Å². The highest BCUT2D eigenvalue weighted by atomic mass is 16.6. The van der Waals surface area contributed by atoms with Gasteiger partial charge in [0.25, 0.3) is 0 Å². The Hall–Kier alpha value is -1.72. The van der Waals surface area contributed by atoms with Crippen LogP contribution < -0.4 is 0 Å². The molecule has 6 nitrogen and oxygen atoms in total. The quantitative estimate of drug-likeness (QED) is 0.629. The van der Waals surface area contributed by atoms with Crippen molar-refractivity contribution in [2.75, 3.05) is 0 Å². The average molecular weight is 211 g/mol. The number of hydrogen-bond donors (Lipinski definition) is 2. The molecule has 0 aromatic carbocycles. The molecule has 6 heteroatoms. The van der Waals surface area contributed by atoms with Crippen molar-refractivity contribution in [3.05, 3.63) is 0 Å². The second-order valence-electron chi connectivity index (χ2n) is 4.21. The zero-order valence-corrected chi connectivity index (χ0v) is 8.88. The van der Waals surface area contributed by atoms with Gasteiger partial charge in [0.1, 0.15) is 11.4 Å². The summed E-state index contributed by atoms with van der Waals surface area (Å²) in [4.78, 5) is 23.2. The van der Waals surface area contributed by atoms with Gasteiger partial charge in [0.15, 0.2) is 5.84 Å². The Kier molecular flexibility index (Phi) is 2.61. The lowest BCUT2D eigenvalue weighted by atomic mass is 10.2. The fourth-order valence-electron chi connectivity index (χ4n) is 1.08. The fraction of sp³-hybridized carbons (Fsp3) is 0.556. The predicted octanol–water partition coefficient (Wildman–Crippen LogP) is 1.15. The molecule has 0 aromatic rings. The van der Waals surface area contributed by atoms with E-state index in [-0.39, 0.29) is 12.3 Å². The molecule has 0 spiro atoms. The normalized spacial score (nSPS) is 17.3. The summed E-state index contributed by atoms with van der Waals surface area (Å²) in [6, 6.07) is 0. The number of amidine groups is 2. The van der Waals surface area contributed by atoms with E-state index in [1.807, 2.05) is 0 Å². The first-order valence-corrected chi connectivity index (χ1v) is 4.44. The monoisotopic (exact) mass is 211 g/mol. The molecule has 0 bridgehead atoms. The second-order valence-corrected chi connectivity index (χ2v) is 4.21. The first-order valence-electron chi connectivity index (χ1n) is 4.44. The summed E-state index contributed by atoms with van der Waals surface area (Å²) in [5.74, 6) is -1.24. The van der Waals surface area contributed by atoms with Gasteiger partial charge in [-0.15, -0.1) is 0 Å². The van der Waals surface area contributed by atoms with E-state index in [9.17, 15) is 9.59 Å². The number of carbonyl (C=O) groups is 2. The van der Waals surface area contributed by atoms with Gasteiger partial charge in [0, 0.05) is 0 Å². The van der Waals surface area contributed by atoms with Crippen LogP contribution in [0.4, 0.5) is 4.79 Å². The smallest absolute Gasteiger partial charge is 0.421 e. The Morgan fingerprint density at radius 3 is 2.27 bits per heavy atom. The molecule has 0 unspecified atom stereocenters. The zero-order chi connectivity index (χ0) is 11.8. The minimum atomic E-state index is -0.844. The summed E-state index contributed by atoms with van der Waals surface area (Å²) in [5, 5.41) is 14.7. The lowest BCUT2D eigenvalue weighted by Crippen LogP contribution is -2.40. The van der Waals surface area contributed by atoms with Gasteiger partial charge in [-0.3, -0.25) is 15.6 Å². The summed E-state index contributed by atoms with van der Waals surface area (Å²) in [7, 11) is 0. The van der Waals surface area contributed by atoms with Crippen LogP contribution >= 0.6 is 0 Å². The maximum atomic E-state index is 11.5. The minimum Gasteiger partial charge on any atom is -0.443 e. The van der Waals surface area contributed by atoms with Gasteiger partial charge >= 0.3 is 6.09 Å². The van der Waals surface area contributed by atoms with Gasteiger partial charge in [0.2, 0.25) is 5.78 Å². The van der Waals surface area contributed by atoms with Gasteiger partial charge in [-0.05, 0) is 20.8 Å². The molecule has 1 aliphatic heterocycles. The highest BCUT2D eigenvalue weighted by molar-refractivity contribution is 6.51. The molecule has 0 radical (unpaired) electrons. The maximum absolute atomic E-state index is 11.5. The fourth-order valence-corrected chi connectivity index (χ4v) is 1.08. The Balaban J connectivity index is 2.81. The largest absolute Gasteiger partial charge is 0.443 e. The standard InChI is InChI=1S/C9H13N3O3/c1-9(2,3)15-8(14)12-6(10)4-5(13)7(12)11/h10-11H,4H2,1-3H3. The van der Waals surface area contributed by atoms with Crippen LogP contribution in [0, 0.1) is 10.8 Å². The summed E-state index contributed by atoms with van der Waals surface area (Å²) in [6.45, 7) is 5.03. The molecule has 15 heavy (non-hydrogen) atoms. The Bertz CT molecular complexity index is 354. The van der Waals surface area contributed by atoms with E-state index < -0.39 is 23.3 Å². The molecule has 1 amide bonds. The number of likely N-dealkylation sites (tertiary alicyclic amines) is 1. The van der Waals surface area contributed by atoms with Crippen molar-refractivity contribution in [2.45, 2.75) is 32.8 Å². The van der Waals surface area contributed by atoms with Crippen molar-refractivity contribution in [2.24, 2.45) is 0 Å². The summed E-state index contributed by atoms with van der Waals surface area (Å²) >= 11 is 0. The van der Waals surface area contributed by atoms with E-state index in [4.69, 9.17) is 15.6 Å². The van der Waals surface area contributed by atoms with E-state index in [2.05, 4.69) is 0 Å². The predicted molar refractivity (Wildman–Crippen MR) is 53.2 cm³/mol. The van der Waals surface area contributed by atoms with Crippen molar-refractivity contribution in [1.82, 2.24) is 4.90 Å². The van der Waals surface area contributed by atoms with Crippen molar-refractivity contribution in [3.8, 4) is 0 Å². The topological polar surface area (TPSA) is 94.3 Å². The molecule has 0 aliphatic carbocycles. The van der Waals surface area contributed by atoms with Gasteiger partial charge in [-0.2, -0.15) is 0 Å². The van der Waals surface area contributed by atoms with Gasteiger partial charge in [-0.25, -0.2) is 9.69 Å². The molecule has 1 aliphatic rings. The van der Waals surface area contributed by atoms with E-state index >= 15 is 0 Å². The third-order valence-electron chi connectivity index (χ3n) is 1.66. The molecular weight excluding hydrogens is 198 g/mol. The molecule has 0 atom stereocenters. The lowest BCUT2D eigenvalue weighted by Gasteiger charge is -2.23. The van der Waals surface area contributed by atoms with Crippen LogP contribution in [0.2, 0.25) is 0 Å². The van der Waals surface area contributed by atoms with E-state index in [1.165, 1.54) is 0 Å². The van der Waals surface area contributed by atoms with Gasteiger partial charge < -0.3 is 4.74 Å². The number of nitrogens with zero attached hydrogens (tertiary/aromatic N) is 1. The first kappa shape index (κ1) is 11.4. The molecule has 0 saturated carbocycles. The van der Waals surface area contributed by atoms with Crippen LogP contribution in [0.25, 0.3) is 0 Å². The van der Waals surface area contributed by atoms with Crippen LogP contribution in [0.15, 0.2) is 0 Å². The second kappa shape index (κ2) is 3.45. The Morgan fingerprint density at radius 2 is 1.93 bits per heavy atom. The molecule has 0 aromatic heterocycles.